The van der Waals surface area contributed by atoms with Gasteiger partial charge in [-0.15, -0.1) is 0 Å². The van der Waals surface area contributed by atoms with Crippen LogP contribution >= 0.6 is 48.9 Å². The summed E-state index contributed by atoms with van der Waals surface area (Å²) in [5, 5.41) is 0. The molecule has 0 aromatic rings. The van der Waals surface area contributed by atoms with Gasteiger partial charge in [-0.2, -0.15) is 0 Å². The van der Waals surface area contributed by atoms with Gasteiger partial charge in [0.15, 0.2) is 0 Å². The molecule has 0 aliphatic carbocycles. The van der Waals surface area contributed by atoms with E-state index in [9.17, 15) is 0 Å². The van der Waals surface area contributed by atoms with Crippen LogP contribution in [-0.4, -0.2) is 20.0 Å². The second kappa shape index (κ2) is 7.00. The van der Waals surface area contributed by atoms with Gasteiger partial charge in [0.2, 0.25) is 0 Å². The van der Waals surface area contributed by atoms with Crippen molar-refractivity contribution in [2.75, 3.05) is 0 Å². The Morgan fingerprint density at radius 1 is 0.688 bits per heavy atom. The lowest BCUT2D eigenvalue weighted by molar-refractivity contribution is 0.570. The fourth-order valence-corrected chi connectivity index (χ4v) is 2.17. The maximum absolute atomic E-state index is 5.62. The van der Waals surface area contributed by atoms with E-state index >= 15 is 0 Å². The second-order valence-electron chi connectivity index (χ2n) is 3.36. The van der Waals surface area contributed by atoms with E-state index in [1.165, 1.54) is 0 Å². The zero-order valence-corrected chi connectivity index (χ0v) is 11.8. The molecule has 2 unspecified atom stereocenters. The summed E-state index contributed by atoms with van der Waals surface area (Å²) in [6.07, 6.45) is 0.713. The predicted molar refractivity (Wildman–Crippen MR) is 83.4 cm³/mol. The van der Waals surface area contributed by atoms with Gasteiger partial charge in [0.25, 0.3) is 0 Å². The van der Waals surface area contributed by atoms with Crippen LogP contribution in [0.2, 0.25) is 0 Å². The van der Waals surface area contributed by atoms with Crippen molar-refractivity contribution >= 4 is 68.8 Å². The highest BCUT2D eigenvalue weighted by Gasteiger charge is 2.27. The van der Waals surface area contributed by atoms with Crippen LogP contribution in [0.25, 0.3) is 0 Å². The van der Waals surface area contributed by atoms with E-state index in [4.69, 9.17) is 71.8 Å². The molecule has 0 rings (SSSR count). The largest absolute Gasteiger partial charge is 0.393 e. The van der Waals surface area contributed by atoms with Gasteiger partial charge in [-0.05, 0) is 0 Å². The van der Waals surface area contributed by atoms with E-state index in [0.717, 1.165) is 0 Å². The van der Waals surface area contributed by atoms with Crippen molar-refractivity contribution in [1.29, 1.82) is 0 Å². The molecule has 0 aromatic carbocycles. The molecule has 4 nitrogen and oxygen atoms in total. The molecule has 8 heteroatoms. The predicted octanol–water partition coefficient (Wildman–Crippen LogP) is 0.143. The fourth-order valence-electron chi connectivity index (χ4n) is 1.32. The number of rotatable bonds is 7. The minimum atomic E-state index is -0.286. The maximum Gasteiger partial charge on any atom is 0.0770 e. The first-order valence-corrected chi connectivity index (χ1v) is 6.04. The normalized spacial score (nSPS) is 13.8. The number of thiocarbonyl (C=S) groups is 4. The monoisotopic (exact) mass is 294 g/mol. The fraction of sp³-hybridized carbons (Fsp3) is 0.500. The van der Waals surface area contributed by atoms with Crippen LogP contribution in [0.4, 0.5) is 0 Å². The van der Waals surface area contributed by atoms with Crippen molar-refractivity contribution < 1.29 is 0 Å². The molecule has 16 heavy (non-hydrogen) atoms. The van der Waals surface area contributed by atoms with Crippen LogP contribution < -0.4 is 22.9 Å². The number of nitrogens with two attached hydrogens (primary N) is 4. The molecule has 0 saturated heterocycles. The molecule has 2 atom stereocenters. The molecule has 0 amide bonds. The molecular weight excluding hydrogens is 280 g/mol. The van der Waals surface area contributed by atoms with E-state index < -0.39 is 0 Å². The minimum Gasteiger partial charge on any atom is -0.393 e. The molecule has 0 fully saturated rings. The lowest BCUT2D eigenvalue weighted by Crippen LogP contribution is -2.39. The Kier molecular flexibility index (Phi) is 6.81. The molecular formula is C8H14N4S4. The molecule has 0 aliphatic rings. The topological polar surface area (TPSA) is 104 Å². The average molecular weight is 294 g/mol. The maximum atomic E-state index is 5.62. The second-order valence-corrected chi connectivity index (χ2v) is 5.35. The first-order valence-electron chi connectivity index (χ1n) is 4.41. The summed E-state index contributed by atoms with van der Waals surface area (Å²) in [5.41, 5.74) is 22.2. The highest BCUT2D eigenvalue weighted by molar-refractivity contribution is 7.81. The minimum absolute atomic E-state index is 0.266. The van der Waals surface area contributed by atoms with E-state index in [-0.39, 0.29) is 21.8 Å². The lowest BCUT2D eigenvalue weighted by Gasteiger charge is -2.24. The Morgan fingerprint density at radius 3 is 1.06 bits per heavy atom. The van der Waals surface area contributed by atoms with E-state index in [0.29, 0.717) is 22.8 Å². The van der Waals surface area contributed by atoms with Crippen molar-refractivity contribution in [2.24, 2.45) is 34.8 Å². The summed E-state index contributed by atoms with van der Waals surface area (Å²) in [7, 11) is 0. The van der Waals surface area contributed by atoms with Gasteiger partial charge in [-0.1, -0.05) is 48.9 Å². The molecule has 0 aromatic heterocycles. The first-order chi connectivity index (χ1) is 7.25. The zero-order valence-electron chi connectivity index (χ0n) is 8.51. The summed E-state index contributed by atoms with van der Waals surface area (Å²) in [6.45, 7) is 0. The Hall–Kier alpha value is -0.440. The zero-order chi connectivity index (χ0) is 12.9. The highest BCUT2D eigenvalue weighted by Crippen LogP contribution is 2.21. The Morgan fingerprint density at radius 2 is 0.938 bits per heavy atom. The first kappa shape index (κ1) is 15.6. The Bertz CT molecular complexity index is 296. The smallest absolute Gasteiger partial charge is 0.0770 e. The van der Waals surface area contributed by atoms with Gasteiger partial charge in [0, 0.05) is 24.7 Å². The quantitative estimate of drug-likeness (QED) is 0.492. The van der Waals surface area contributed by atoms with Crippen molar-refractivity contribution in [3.63, 3.8) is 0 Å². The number of hydrogen-bond donors (Lipinski definition) is 4. The van der Waals surface area contributed by atoms with Gasteiger partial charge in [-0.3, -0.25) is 0 Å². The van der Waals surface area contributed by atoms with Crippen LogP contribution in [0.15, 0.2) is 0 Å². The van der Waals surface area contributed by atoms with Crippen LogP contribution in [0.1, 0.15) is 12.8 Å². The van der Waals surface area contributed by atoms with Crippen LogP contribution in [0.3, 0.4) is 0 Å². The number of hydrogen-bond acceptors (Lipinski definition) is 4. The van der Waals surface area contributed by atoms with Crippen molar-refractivity contribution in [3.8, 4) is 0 Å². The molecule has 0 bridgehead atoms. The summed E-state index contributed by atoms with van der Waals surface area (Å²) >= 11 is 19.5. The van der Waals surface area contributed by atoms with Gasteiger partial charge in [0.1, 0.15) is 0 Å². The van der Waals surface area contributed by atoms with Crippen molar-refractivity contribution in [3.05, 3.63) is 0 Å². The highest BCUT2D eigenvalue weighted by atomic mass is 32.1. The molecule has 90 valence electrons. The molecule has 0 spiro atoms. The molecule has 0 aliphatic heterocycles. The standard InChI is InChI=1S/C8H14N4S4/c9-5(13)1-3(7(11)15)4(8(12)16)2-6(10)14/h3-4H,1-2H2,(H2,9,13)(H2,10,14)(H2,11,15)(H2,12,16). The average Bonchev–Trinajstić information content (AvgIpc) is 2.09. The third-order valence-corrected chi connectivity index (χ3v) is 3.00. The van der Waals surface area contributed by atoms with Gasteiger partial charge >= 0.3 is 0 Å². The summed E-state index contributed by atoms with van der Waals surface area (Å²) in [6, 6.07) is 0. The summed E-state index contributed by atoms with van der Waals surface area (Å²) in [5.74, 6) is -0.571. The van der Waals surface area contributed by atoms with Crippen LogP contribution in [0, 0.1) is 11.8 Å². The molecule has 0 heterocycles. The molecule has 8 N–H and O–H groups in total. The van der Waals surface area contributed by atoms with E-state index in [1.54, 1.807) is 0 Å². The lowest BCUT2D eigenvalue weighted by atomic mass is 9.86. The van der Waals surface area contributed by atoms with Gasteiger partial charge < -0.3 is 22.9 Å². The van der Waals surface area contributed by atoms with E-state index in [1.807, 2.05) is 0 Å². The van der Waals surface area contributed by atoms with Gasteiger partial charge in [0.05, 0.1) is 20.0 Å². The third-order valence-electron chi connectivity index (χ3n) is 2.06. The molecule has 0 radical (unpaired) electrons. The summed E-state index contributed by atoms with van der Waals surface area (Å²) in [4.78, 5) is 1.15. The van der Waals surface area contributed by atoms with E-state index in [2.05, 4.69) is 0 Å². The summed E-state index contributed by atoms with van der Waals surface area (Å²) < 4.78 is 0. The Balaban J connectivity index is 4.93. The van der Waals surface area contributed by atoms with Crippen LogP contribution in [-0.2, 0) is 0 Å². The van der Waals surface area contributed by atoms with Crippen LogP contribution in [0.5, 0.6) is 0 Å². The third kappa shape index (κ3) is 5.59. The molecule has 0 saturated carbocycles. The van der Waals surface area contributed by atoms with Gasteiger partial charge in [-0.25, -0.2) is 0 Å². The van der Waals surface area contributed by atoms with Crippen molar-refractivity contribution in [2.45, 2.75) is 12.8 Å². The Labute approximate surface area is 116 Å². The van der Waals surface area contributed by atoms with Crippen molar-refractivity contribution in [1.82, 2.24) is 0 Å². The SMILES string of the molecule is NC(=S)CC(C(N)=S)C(CC(N)=S)C(N)=S.